The topological polar surface area (TPSA) is 96.0 Å². The Hall–Kier alpha value is -3.07. The lowest BCUT2D eigenvalue weighted by atomic mass is 10.1. The van der Waals surface area contributed by atoms with E-state index in [9.17, 15) is 18.0 Å². The molecule has 1 aliphatic carbocycles. The highest BCUT2D eigenvalue weighted by atomic mass is 32.2. The largest absolute Gasteiger partial charge is 0.497 e. The third-order valence-corrected chi connectivity index (χ3v) is 8.51. The minimum absolute atomic E-state index is 0.119. The fourth-order valence-corrected chi connectivity index (χ4v) is 5.74. The van der Waals surface area contributed by atoms with Crippen molar-refractivity contribution in [3.8, 4) is 5.75 Å². The number of carbonyl (C=O) groups excluding carboxylic acids is 2. The molecule has 38 heavy (non-hydrogen) atoms. The van der Waals surface area contributed by atoms with E-state index >= 15 is 0 Å². The van der Waals surface area contributed by atoms with Crippen molar-refractivity contribution < 1.29 is 22.7 Å². The molecule has 8 nitrogen and oxygen atoms in total. The first-order chi connectivity index (χ1) is 18.0. The number of ether oxygens (including phenoxy) is 1. The number of hydrogen-bond donors (Lipinski definition) is 1. The van der Waals surface area contributed by atoms with E-state index in [4.69, 9.17) is 4.74 Å². The molecule has 0 bridgehead atoms. The number of carbonyl (C=O) groups is 2. The van der Waals surface area contributed by atoms with Crippen LogP contribution < -0.4 is 14.4 Å². The molecule has 0 aliphatic heterocycles. The summed E-state index contributed by atoms with van der Waals surface area (Å²) in [5, 5.41) is 3.10. The molecule has 1 atom stereocenters. The summed E-state index contributed by atoms with van der Waals surface area (Å²) in [7, 11) is -1.94. The van der Waals surface area contributed by atoms with E-state index in [1.807, 2.05) is 50.2 Å². The van der Waals surface area contributed by atoms with Gasteiger partial charge in [-0.3, -0.25) is 13.9 Å². The van der Waals surface area contributed by atoms with Gasteiger partial charge in [-0.2, -0.15) is 0 Å². The number of nitrogens with zero attached hydrogens (tertiary/aromatic N) is 2. The standard InChI is InChI=1S/C29H41N3O5S/c1-21-12-15-26(19-22(21)2)32(38(5,35)36)18-8-11-28(33)31(20-24-13-16-27(37-4)17-14-24)23(3)29(34)30-25-9-6-7-10-25/h12-17,19,23,25H,6-11,18,20H2,1-5H3,(H,30,34). The van der Waals surface area contributed by atoms with Crippen molar-refractivity contribution in [2.24, 2.45) is 0 Å². The Morgan fingerprint density at radius 3 is 2.29 bits per heavy atom. The maximum atomic E-state index is 13.5. The van der Waals surface area contributed by atoms with Gasteiger partial charge in [0.2, 0.25) is 21.8 Å². The smallest absolute Gasteiger partial charge is 0.242 e. The second-order valence-corrected chi connectivity index (χ2v) is 12.1. The van der Waals surface area contributed by atoms with Crippen molar-refractivity contribution >= 4 is 27.5 Å². The summed E-state index contributed by atoms with van der Waals surface area (Å²) in [4.78, 5) is 28.1. The summed E-state index contributed by atoms with van der Waals surface area (Å²) in [5.41, 5.74) is 3.55. The molecule has 1 saturated carbocycles. The third-order valence-electron chi connectivity index (χ3n) is 7.31. The third kappa shape index (κ3) is 7.96. The van der Waals surface area contributed by atoms with Crippen LogP contribution in [0.15, 0.2) is 42.5 Å². The summed E-state index contributed by atoms with van der Waals surface area (Å²) >= 11 is 0. The molecular formula is C29H41N3O5S. The Labute approximate surface area is 227 Å². The van der Waals surface area contributed by atoms with Crippen LogP contribution in [0.1, 0.15) is 62.1 Å². The van der Waals surface area contributed by atoms with Crippen LogP contribution in [0.25, 0.3) is 0 Å². The lowest BCUT2D eigenvalue weighted by Crippen LogP contribution is -2.49. The molecule has 1 unspecified atom stereocenters. The van der Waals surface area contributed by atoms with Crippen LogP contribution in [-0.2, 0) is 26.2 Å². The molecule has 2 aromatic carbocycles. The van der Waals surface area contributed by atoms with Gasteiger partial charge in [0.05, 0.1) is 19.1 Å². The highest BCUT2D eigenvalue weighted by Gasteiger charge is 2.28. The van der Waals surface area contributed by atoms with Crippen LogP contribution in [0.3, 0.4) is 0 Å². The Balaban J connectivity index is 1.73. The number of benzene rings is 2. The molecule has 0 heterocycles. The monoisotopic (exact) mass is 543 g/mol. The van der Waals surface area contributed by atoms with Gasteiger partial charge < -0.3 is 15.0 Å². The van der Waals surface area contributed by atoms with Crippen LogP contribution in [0.2, 0.25) is 0 Å². The molecule has 2 aromatic rings. The maximum Gasteiger partial charge on any atom is 0.242 e. The van der Waals surface area contributed by atoms with Gasteiger partial charge in [-0.25, -0.2) is 8.42 Å². The Bertz CT molecular complexity index is 1210. The molecule has 208 valence electrons. The van der Waals surface area contributed by atoms with Crippen molar-refractivity contribution in [2.75, 3.05) is 24.2 Å². The molecule has 2 amide bonds. The van der Waals surface area contributed by atoms with Crippen LogP contribution in [-0.4, -0.2) is 57.1 Å². The predicted molar refractivity (Wildman–Crippen MR) is 151 cm³/mol. The first-order valence-corrected chi connectivity index (χ1v) is 15.1. The summed E-state index contributed by atoms with van der Waals surface area (Å²) < 4.78 is 31.7. The number of aryl methyl sites for hydroxylation is 2. The van der Waals surface area contributed by atoms with Gasteiger partial charge in [0.15, 0.2) is 0 Å². The molecule has 0 aromatic heterocycles. The number of rotatable bonds is 12. The average molecular weight is 544 g/mol. The zero-order chi connectivity index (χ0) is 27.9. The lowest BCUT2D eigenvalue weighted by Gasteiger charge is -2.30. The van der Waals surface area contributed by atoms with Gasteiger partial charge in [0.25, 0.3) is 0 Å². The number of amides is 2. The molecular weight excluding hydrogens is 502 g/mol. The normalized spacial score (nSPS) is 14.7. The van der Waals surface area contributed by atoms with E-state index in [0.717, 1.165) is 42.4 Å². The lowest BCUT2D eigenvalue weighted by molar-refractivity contribution is -0.141. The van der Waals surface area contributed by atoms with E-state index in [1.54, 1.807) is 25.0 Å². The van der Waals surface area contributed by atoms with Crippen molar-refractivity contribution in [3.63, 3.8) is 0 Å². The second kappa shape index (κ2) is 13.1. The van der Waals surface area contributed by atoms with Crippen LogP contribution >= 0.6 is 0 Å². The molecule has 3 rings (SSSR count). The van der Waals surface area contributed by atoms with Crippen LogP contribution in [0.4, 0.5) is 5.69 Å². The molecule has 1 fully saturated rings. The Morgan fingerprint density at radius 2 is 1.71 bits per heavy atom. The molecule has 0 saturated heterocycles. The first kappa shape index (κ1) is 29.5. The van der Waals surface area contributed by atoms with Gasteiger partial charge in [-0.15, -0.1) is 0 Å². The zero-order valence-electron chi connectivity index (χ0n) is 23.2. The summed E-state index contributed by atoms with van der Waals surface area (Å²) in [6, 6.07) is 12.5. The fraction of sp³-hybridized carbons (Fsp3) is 0.517. The van der Waals surface area contributed by atoms with Crippen molar-refractivity contribution in [3.05, 3.63) is 59.2 Å². The van der Waals surface area contributed by atoms with Gasteiger partial charge in [-0.1, -0.05) is 31.0 Å². The quantitative estimate of drug-likeness (QED) is 0.430. The number of anilines is 1. The fourth-order valence-electron chi connectivity index (χ4n) is 4.79. The molecule has 1 N–H and O–H groups in total. The van der Waals surface area contributed by atoms with Gasteiger partial charge in [0, 0.05) is 25.6 Å². The van der Waals surface area contributed by atoms with Gasteiger partial charge in [-0.05, 0) is 81.0 Å². The van der Waals surface area contributed by atoms with Gasteiger partial charge in [0.1, 0.15) is 11.8 Å². The summed E-state index contributed by atoms with van der Waals surface area (Å²) in [6.07, 6.45) is 5.75. The van der Waals surface area contributed by atoms with E-state index in [-0.39, 0.29) is 37.4 Å². The minimum atomic E-state index is -3.53. The van der Waals surface area contributed by atoms with Crippen molar-refractivity contribution in [1.29, 1.82) is 0 Å². The maximum absolute atomic E-state index is 13.5. The van der Waals surface area contributed by atoms with E-state index < -0.39 is 16.1 Å². The highest BCUT2D eigenvalue weighted by Crippen LogP contribution is 2.23. The van der Waals surface area contributed by atoms with Crippen molar-refractivity contribution in [1.82, 2.24) is 10.2 Å². The van der Waals surface area contributed by atoms with E-state index in [2.05, 4.69) is 5.32 Å². The molecule has 0 spiro atoms. The van der Waals surface area contributed by atoms with E-state index in [0.29, 0.717) is 17.9 Å². The number of sulfonamides is 1. The molecule has 9 heteroatoms. The minimum Gasteiger partial charge on any atom is -0.497 e. The predicted octanol–water partition coefficient (Wildman–Crippen LogP) is 4.33. The Morgan fingerprint density at radius 1 is 1.05 bits per heavy atom. The summed E-state index contributed by atoms with van der Waals surface area (Å²) in [5.74, 6) is 0.362. The van der Waals surface area contributed by atoms with Crippen molar-refractivity contribution in [2.45, 2.75) is 77.9 Å². The highest BCUT2D eigenvalue weighted by molar-refractivity contribution is 7.92. The molecule has 1 aliphatic rings. The van der Waals surface area contributed by atoms with E-state index in [1.165, 1.54) is 10.6 Å². The summed E-state index contributed by atoms with van der Waals surface area (Å²) in [6.45, 7) is 6.12. The average Bonchev–Trinajstić information content (AvgIpc) is 3.39. The SMILES string of the molecule is COc1ccc(CN(C(=O)CCCN(c2ccc(C)c(C)c2)S(C)(=O)=O)C(C)C(=O)NC2CCCC2)cc1. The first-order valence-electron chi connectivity index (χ1n) is 13.3. The number of methoxy groups -OCH3 is 1. The number of nitrogens with one attached hydrogen (secondary N) is 1. The zero-order valence-corrected chi connectivity index (χ0v) is 24.0. The molecule has 0 radical (unpaired) electrons. The number of hydrogen-bond acceptors (Lipinski definition) is 5. The van der Waals surface area contributed by atoms with Crippen LogP contribution in [0.5, 0.6) is 5.75 Å². The van der Waals surface area contributed by atoms with Crippen LogP contribution in [0, 0.1) is 13.8 Å². The van der Waals surface area contributed by atoms with Gasteiger partial charge >= 0.3 is 0 Å². The Kier molecular flexibility index (Phi) is 10.2. The second-order valence-electron chi connectivity index (χ2n) is 10.2.